The van der Waals surface area contributed by atoms with E-state index in [4.69, 9.17) is 17.3 Å². The molecule has 0 saturated carbocycles. The molecule has 1 aromatic carbocycles. The Morgan fingerprint density at radius 3 is 3.07 bits per heavy atom. The fourth-order valence-corrected chi connectivity index (χ4v) is 2.46. The number of likely N-dealkylation sites (N-methyl/N-ethyl adjacent to an activating group) is 1. The highest BCUT2D eigenvalue weighted by Crippen LogP contribution is 2.33. The standard InChI is InChI=1S/C11H15ClN2/c1-14-6-5-8-3-2-4-9(12)11(8)10(14)7-13/h2-4,10H,5-7,13H2,1H3. The second-order valence-electron chi connectivity index (χ2n) is 3.79. The van der Waals surface area contributed by atoms with Crippen molar-refractivity contribution in [2.75, 3.05) is 20.1 Å². The fourth-order valence-electron chi connectivity index (χ4n) is 2.14. The van der Waals surface area contributed by atoms with Crippen LogP contribution in [-0.4, -0.2) is 25.0 Å². The van der Waals surface area contributed by atoms with Crippen LogP contribution in [0.2, 0.25) is 5.02 Å². The SMILES string of the molecule is CN1CCc2cccc(Cl)c2C1CN. The minimum Gasteiger partial charge on any atom is -0.329 e. The molecule has 14 heavy (non-hydrogen) atoms. The number of benzene rings is 1. The van der Waals surface area contributed by atoms with Gasteiger partial charge in [0.2, 0.25) is 0 Å². The molecule has 1 aromatic rings. The first-order chi connectivity index (χ1) is 6.74. The van der Waals surface area contributed by atoms with Crippen LogP contribution in [-0.2, 0) is 6.42 Å². The van der Waals surface area contributed by atoms with E-state index in [0.29, 0.717) is 6.54 Å². The van der Waals surface area contributed by atoms with Crippen LogP contribution in [0.4, 0.5) is 0 Å². The molecule has 2 rings (SSSR count). The zero-order valence-corrected chi connectivity index (χ0v) is 9.09. The summed E-state index contributed by atoms with van der Waals surface area (Å²) in [4.78, 5) is 2.27. The highest BCUT2D eigenvalue weighted by molar-refractivity contribution is 6.31. The maximum atomic E-state index is 6.20. The van der Waals surface area contributed by atoms with Gasteiger partial charge in [-0.3, -0.25) is 4.90 Å². The summed E-state index contributed by atoms with van der Waals surface area (Å²) in [6.45, 7) is 1.70. The molecular weight excluding hydrogens is 196 g/mol. The van der Waals surface area contributed by atoms with Crippen molar-refractivity contribution in [1.82, 2.24) is 4.90 Å². The van der Waals surface area contributed by atoms with Gasteiger partial charge in [-0.2, -0.15) is 0 Å². The summed E-state index contributed by atoms with van der Waals surface area (Å²) in [5, 5.41) is 0.851. The van der Waals surface area contributed by atoms with Gasteiger partial charge < -0.3 is 5.73 Å². The third-order valence-electron chi connectivity index (χ3n) is 2.97. The summed E-state index contributed by atoms with van der Waals surface area (Å²) >= 11 is 6.20. The van der Waals surface area contributed by atoms with Gasteiger partial charge in [0.1, 0.15) is 0 Å². The van der Waals surface area contributed by atoms with Crippen molar-refractivity contribution in [1.29, 1.82) is 0 Å². The summed E-state index contributed by atoms with van der Waals surface area (Å²) in [6, 6.07) is 6.39. The number of fused-ring (bicyclic) bond motifs is 1. The lowest BCUT2D eigenvalue weighted by Crippen LogP contribution is -2.36. The minimum absolute atomic E-state index is 0.285. The van der Waals surface area contributed by atoms with E-state index in [1.807, 2.05) is 12.1 Å². The molecule has 0 fully saturated rings. The Bertz CT molecular complexity index is 338. The predicted molar refractivity (Wildman–Crippen MR) is 59.6 cm³/mol. The van der Waals surface area contributed by atoms with Gasteiger partial charge in [0, 0.05) is 24.2 Å². The number of nitrogens with two attached hydrogens (primary N) is 1. The van der Waals surface area contributed by atoms with Gasteiger partial charge in [0.15, 0.2) is 0 Å². The number of halogens is 1. The Hall–Kier alpha value is -0.570. The highest BCUT2D eigenvalue weighted by atomic mass is 35.5. The molecule has 0 radical (unpaired) electrons. The Morgan fingerprint density at radius 1 is 1.57 bits per heavy atom. The first-order valence-corrected chi connectivity index (χ1v) is 5.29. The molecular formula is C11H15ClN2. The average Bonchev–Trinajstić information content (AvgIpc) is 2.19. The van der Waals surface area contributed by atoms with Crippen molar-refractivity contribution in [3.8, 4) is 0 Å². The molecule has 0 bridgehead atoms. The maximum absolute atomic E-state index is 6.20. The van der Waals surface area contributed by atoms with E-state index >= 15 is 0 Å². The van der Waals surface area contributed by atoms with Crippen molar-refractivity contribution >= 4 is 11.6 Å². The monoisotopic (exact) mass is 210 g/mol. The van der Waals surface area contributed by atoms with Gasteiger partial charge >= 0.3 is 0 Å². The number of hydrogen-bond donors (Lipinski definition) is 1. The van der Waals surface area contributed by atoms with Gasteiger partial charge in [0.05, 0.1) is 0 Å². The lowest BCUT2D eigenvalue weighted by atomic mass is 9.93. The molecule has 1 heterocycles. The molecule has 1 unspecified atom stereocenters. The normalized spacial score (nSPS) is 22.1. The van der Waals surface area contributed by atoms with Crippen LogP contribution in [0, 0.1) is 0 Å². The van der Waals surface area contributed by atoms with E-state index in [1.54, 1.807) is 0 Å². The van der Waals surface area contributed by atoms with E-state index in [0.717, 1.165) is 18.0 Å². The Morgan fingerprint density at radius 2 is 2.36 bits per heavy atom. The van der Waals surface area contributed by atoms with Crippen LogP contribution in [0.25, 0.3) is 0 Å². The molecule has 0 amide bonds. The van der Waals surface area contributed by atoms with E-state index in [9.17, 15) is 0 Å². The lowest BCUT2D eigenvalue weighted by Gasteiger charge is -2.34. The van der Waals surface area contributed by atoms with Crippen molar-refractivity contribution in [3.05, 3.63) is 34.3 Å². The first kappa shape index (κ1) is 9.97. The molecule has 1 atom stereocenters. The van der Waals surface area contributed by atoms with Gasteiger partial charge in [-0.1, -0.05) is 23.7 Å². The smallest absolute Gasteiger partial charge is 0.0485 e. The number of rotatable bonds is 1. The van der Waals surface area contributed by atoms with Crippen molar-refractivity contribution in [3.63, 3.8) is 0 Å². The largest absolute Gasteiger partial charge is 0.329 e. The Balaban J connectivity index is 2.49. The third-order valence-corrected chi connectivity index (χ3v) is 3.30. The van der Waals surface area contributed by atoms with Gasteiger partial charge in [-0.25, -0.2) is 0 Å². The van der Waals surface area contributed by atoms with Crippen LogP contribution in [0.5, 0.6) is 0 Å². The van der Waals surface area contributed by atoms with Crippen molar-refractivity contribution in [2.45, 2.75) is 12.5 Å². The summed E-state index contributed by atoms with van der Waals surface area (Å²) < 4.78 is 0. The number of hydrogen-bond acceptors (Lipinski definition) is 2. The van der Waals surface area contributed by atoms with Gasteiger partial charge in [-0.15, -0.1) is 0 Å². The quantitative estimate of drug-likeness (QED) is 0.767. The minimum atomic E-state index is 0.285. The highest BCUT2D eigenvalue weighted by Gasteiger charge is 2.25. The van der Waals surface area contributed by atoms with Crippen LogP contribution in [0.3, 0.4) is 0 Å². The van der Waals surface area contributed by atoms with E-state index in [1.165, 1.54) is 11.1 Å². The molecule has 0 aliphatic carbocycles. The zero-order valence-electron chi connectivity index (χ0n) is 8.33. The summed E-state index contributed by atoms with van der Waals surface area (Å²) in [6.07, 6.45) is 1.07. The Labute approximate surface area is 89.7 Å². The summed E-state index contributed by atoms with van der Waals surface area (Å²) in [5.74, 6) is 0. The predicted octanol–water partition coefficient (Wildman–Crippen LogP) is 1.83. The Kier molecular flexibility index (Phi) is 2.77. The topological polar surface area (TPSA) is 29.3 Å². The molecule has 1 aliphatic heterocycles. The molecule has 2 N–H and O–H groups in total. The molecule has 0 aromatic heterocycles. The van der Waals surface area contributed by atoms with Crippen LogP contribution in [0.1, 0.15) is 17.2 Å². The van der Waals surface area contributed by atoms with Crippen LogP contribution < -0.4 is 5.73 Å². The van der Waals surface area contributed by atoms with E-state index in [-0.39, 0.29) is 6.04 Å². The molecule has 76 valence electrons. The first-order valence-electron chi connectivity index (χ1n) is 4.91. The van der Waals surface area contributed by atoms with E-state index < -0.39 is 0 Å². The van der Waals surface area contributed by atoms with Gasteiger partial charge in [-0.05, 0) is 30.7 Å². The third kappa shape index (κ3) is 1.54. The van der Waals surface area contributed by atoms with E-state index in [2.05, 4.69) is 18.0 Å². The summed E-state index contributed by atoms with van der Waals surface area (Å²) in [5.41, 5.74) is 8.36. The lowest BCUT2D eigenvalue weighted by molar-refractivity contribution is 0.236. The fraction of sp³-hybridized carbons (Fsp3) is 0.455. The molecule has 2 nitrogen and oxygen atoms in total. The van der Waals surface area contributed by atoms with Crippen molar-refractivity contribution in [2.24, 2.45) is 5.73 Å². The number of nitrogens with zero attached hydrogens (tertiary/aromatic N) is 1. The summed E-state index contributed by atoms with van der Waals surface area (Å²) in [7, 11) is 2.10. The molecule has 3 heteroatoms. The van der Waals surface area contributed by atoms with Crippen molar-refractivity contribution < 1.29 is 0 Å². The molecule has 1 aliphatic rings. The molecule has 0 saturated heterocycles. The zero-order chi connectivity index (χ0) is 10.1. The van der Waals surface area contributed by atoms with Crippen LogP contribution in [0.15, 0.2) is 18.2 Å². The van der Waals surface area contributed by atoms with Gasteiger partial charge in [0.25, 0.3) is 0 Å². The second-order valence-corrected chi connectivity index (χ2v) is 4.20. The maximum Gasteiger partial charge on any atom is 0.0485 e. The molecule has 0 spiro atoms. The average molecular weight is 211 g/mol. The second kappa shape index (κ2) is 3.89. The van der Waals surface area contributed by atoms with Crippen LogP contribution >= 0.6 is 11.6 Å².